The third kappa shape index (κ3) is 10.1. The zero-order chi connectivity index (χ0) is 13.1. The van der Waals surface area contributed by atoms with Crippen LogP contribution in [0.3, 0.4) is 0 Å². The molecule has 0 spiro atoms. The molecule has 0 aliphatic carbocycles. The normalized spacial score (nSPS) is 12.5. The standard InChI is InChI=1S/C15H28O2/c1-5-14(17-15(16)6-2)12-10-8-7-9-11-13(3)4/h6,13-14H,2,5,7-12H2,1,3-4H3. The molecule has 2 heteroatoms. The minimum atomic E-state index is -0.295. The molecule has 2 nitrogen and oxygen atoms in total. The van der Waals surface area contributed by atoms with Crippen molar-refractivity contribution in [2.45, 2.75) is 71.8 Å². The Balaban J connectivity index is 3.49. The number of hydrogen-bond acceptors (Lipinski definition) is 2. The van der Waals surface area contributed by atoms with E-state index in [0.29, 0.717) is 0 Å². The summed E-state index contributed by atoms with van der Waals surface area (Å²) in [6.07, 6.45) is 9.53. The first-order valence-corrected chi connectivity index (χ1v) is 6.93. The molecule has 0 N–H and O–H groups in total. The van der Waals surface area contributed by atoms with Gasteiger partial charge in [-0.15, -0.1) is 0 Å². The van der Waals surface area contributed by atoms with Gasteiger partial charge in [0.25, 0.3) is 0 Å². The van der Waals surface area contributed by atoms with Crippen molar-refractivity contribution < 1.29 is 9.53 Å². The van der Waals surface area contributed by atoms with Gasteiger partial charge in [-0.05, 0) is 25.2 Å². The van der Waals surface area contributed by atoms with Crippen LogP contribution in [0.2, 0.25) is 0 Å². The van der Waals surface area contributed by atoms with Crippen molar-refractivity contribution in [1.82, 2.24) is 0 Å². The largest absolute Gasteiger partial charge is 0.459 e. The van der Waals surface area contributed by atoms with Crippen molar-refractivity contribution in [2.75, 3.05) is 0 Å². The van der Waals surface area contributed by atoms with E-state index in [9.17, 15) is 4.79 Å². The zero-order valence-electron chi connectivity index (χ0n) is 11.7. The van der Waals surface area contributed by atoms with Crippen molar-refractivity contribution in [1.29, 1.82) is 0 Å². The molecule has 0 bridgehead atoms. The molecule has 0 heterocycles. The number of ether oxygens (including phenoxy) is 1. The second kappa shape index (κ2) is 10.4. The molecule has 0 aromatic carbocycles. The fourth-order valence-electron chi connectivity index (χ4n) is 1.84. The van der Waals surface area contributed by atoms with Gasteiger partial charge in [0.2, 0.25) is 0 Å². The second-order valence-electron chi connectivity index (χ2n) is 5.06. The highest BCUT2D eigenvalue weighted by Crippen LogP contribution is 2.14. The number of hydrogen-bond donors (Lipinski definition) is 0. The SMILES string of the molecule is C=CC(=O)OC(CC)CCCCCCC(C)C. The van der Waals surface area contributed by atoms with E-state index in [-0.39, 0.29) is 12.1 Å². The summed E-state index contributed by atoms with van der Waals surface area (Å²) >= 11 is 0. The fraction of sp³-hybridized carbons (Fsp3) is 0.800. The topological polar surface area (TPSA) is 26.3 Å². The first-order valence-electron chi connectivity index (χ1n) is 6.93. The number of esters is 1. The second-order valence-corrected chi connectivity index (χ2v) is 5.06. The molecule has 0 aliphatic heterocycles. The first-order chi connectivity index (χ1) is 8.10. The van der Waals surface area contributed by atoms with E-state index in [2.05, 4.69) is 27.4 Å². The molecular formula is C15H28O2. The maximum atomic E-state index is 11.1. The molecule has 1 unspecified atom stereocenters. The third-order valence-corrected chi connectivity index (χ3v) is 2.96. The maximum absolute atomic E-state index is 11.1. The van der Waals surface area contributed by atoms with Gasteiger partial charge in [-0.2, -0.15) is 0 Å². The molecule has 0 amide bonds. The van der Waals surface area contributed by atoms with E-state index in [0.717, 1.165) is 25.2 Å². The van der Waals surface area contributed by atoms with Crippen LogP contribution in [0.15, 0.2) is 12.7 Å². The van der Waals surface area contributed by atoms with Crippen molar-refractivity contribution in [2.24, 2.45) is 5.92 Å². The number of unbranched alkanes of at least 4 members (excludes halogenated alkanes) is 3. The van der Waals surface area contributed by atoms with Gasteiger partial charge in [-0.3, -0.25) is 0 Å². The molecular weight excluding hydrogens is 212 g/mol. The highest BCUT2D eigenvalue weighted by atomic mass is 16.5. The lowest BCUT2D eigenvalue weighted by molar-refractivity contribution is -0.143. The maximum Gasteiger partial charge on any atom is 0.330 e. The number of carbonyl (C=O) groups is 1. The minimum Gasteiger partial charge on any atom is -0.459 e. The molecule has 1 atom stereocenters. The van der Waals surface area contributed by atoms with Gasteiger partial charge in [0, 0.05) is 6.08 Å². The molecule has 0 saturated carbocycles. The predicted molar refractivity (Wildman–Crippen MR) is 72.9 cm³/mol. The minimum absolute atomic E-state index is 0.0746. The molecule has 0 aliphatic rings. The van der Waals surface area contributed by atoms with E-state index >= 15 is 0 Å². The van der Waals surface area contributed by atoms with E-state index in [1.165, 1.54) is 31.8 Å². The summed E-state index contributed by atoms with van der Waals surface area (Å²) < 4.78 is 5.24. The summed E-state index contributed by atoms with van der Waals surface area (Å²) in [7, 11) is 0. The van der Waals surface area contributed by atoms with Crippen LogP contribution in [0.5, 0.6) is 0 Å². The van der Waals surface area contributed by atoms with Crippen molar-refractivity contribution >= 4 is 5.97 Å². The van der Waals surface area contributed by atoms with Crippen LogP contribution in [-0.2, 0) is 9.53 Å². The average molecular weight is 240 g/mol. The molecule has 0 fully saturated rings. The van der Waals surface area contributed by atoms with E-state index in [1.54, 1.807) is 0 Å². The third-order valence-electron chi connectivity index (χ3n) is 2.96. The Kier molecular flexibility index (Phi) is 9.89. The van der Waals surface area contributed by atoms with Gasteiger partial charge in [0.1, 0.15) is 6.10 Å². The van der Waals surface area contributed by atoms with Crippen LogP contribution >= 0.6 is 0 Å². The van der Waals surface area contributed by atoms with Crippen LogP contribution in [0, 0.1) is 5.92 Å². The van der Waals surface area contributed by atoms with Crippen molar-refractivity contribution in [3.05, 3.63) is 12.7 Å². The lowest BCUT2D eigenvalue weighted by atomic mass is 10.0. The van der Waals surface area contributed by atoms with Crippen molar-refractivity contribution in [3.8, 4) is 0 Å². The quantitative estimate of drug-likeness (QED) is 0.319. The van der Waals surface area contributed by atoms with Crippen LogP contribution in [-0.4, -0.2) is 12.1 Å². The number of carbonyl (C=O) groups excluding carboxylic acids is 1. The monoisotopic (exact) mass is 240 g/mol. The lowest BCUT2D eigenvalue weighted by Crippen LogP contribution is -2.15. The van der Waals surface area contributed by atoms with Gasteiger partial charge in [0.05, 0.1) is 0 Å². The predicted octanol–water partition coefficient (Wildman–Crippen LogP) is 4.49. The molecule has 0 aromatic heterocycles. The Morgan fingerprint density at radius 3 is 2.24 bits per heavy atom. The summed E-state index contributed by atoms with van der Waals surface area (Å²) in [6.45, 7) is 10.00. The highest BCUT2D eigenvalue weighted by Gasteiger charge is 2.09. The summed E-state index contributed by atoms with van der Waals surface area (Å²) in [5.41, 5.74) is 0. The zero-order valence-corrected chi connectivity index (χ0v) is 11.7. The Morgan fingerprint density at radius 2 is 1.76 bits per heavy atom. The smallest absolute Gasteiger partial charge is 0.330 e. The number of rotatable bonds is 10. The Labute approximate surface area is 106 Å². The van der Waals surface area contributed by atoms with Gasteiger partial charge in [-0.25, -0.2) is 4.79 Å². The molecule has 0 aromatic rings. The summed E-state index contributed by atoms with van der Waals surface area (Å²) in [4.78, 5) is 11.1. The summed E-state index contributed by atoms with van der Waals surface area (Å²) in [5.74, 6) is 0.517. The molecule has 100 valence electrons. The van der Waals surface area contributed by atoms with Crippen LogP contribution in [0.1, 0.15) is 65.7 Å². The highest BCUT2D eigenvalue weighted by molar-refractivity contribution is 5.81. The Morgan fingerprint density at radius 1 is 1.18 bits per heavy atom. The molecule has 0 saturated heterocycles. The Hall–Kier alpha value is -0.790. The lowest BCUT2D eigenvalue weighted by Gasteiger charge is -2.14. The Bertz CT molecular complexity index is 209. The van der Waals surface area contributed by atoms with E-state index in [1.807, 2.05) is 0 Å². The van der Waals surface area contributed by atoms with Gasteiger partial charge in [-0.1, -0.05) is 53.0 Å². The van der Waals surface area contributed by atoms with Crippen LogP contribution in [0.4, 0.5) is 0 Å². The average Bonchev–Trinajstić information content (AvgIpc) is 2.31. The van der Waals surface area contributed by atoms with Crippen LogP contribution in [0.25, 0.3) is 0 Å². The van der Waals surface area contributed by atoms with E-state index < -0.39 is 0 Å². The van der Waals surface area contributed by atoms with Gasteiger partial charge < -0.3 is 4.74 Å². The van der Waals surface area contributed by atoms with Crippen molar-refractivity contribution in [3.63, 3.8) is 0 Å². The van der Waals surface area contributed by atoms with E-state index in [4.69, 9.17) is 4.74 Å². The van der Waals surface area contributed by atoms with Crippen LogP contribution < -0.4 is 0 Å². The summed E-state index contributed by atoms with van der Waals surface area (Å²) in [6, 6.07) is 0. The molecule has 0 rings (SSSR count). The fourth-order valence-corrected chi connectivity index (χ4v) is 1.84. The van der Waals surface area contributed by atoms with Gasteiger partial charge >= 0.3 is 5.97 Å². The molecule has 0 radical (unpaired) electrons. The molecule has 17 heavy (non-hydrogen) atoms. The summed E-state index contributed by atoms with van der Waals surface area (Å²) in [5, 5.41) is 0. The first kappa shape index (κ1) is 16.2. The van der Waals surface area contributed by atoms with Gasteiger partial charge in [0.15, 0.2) is 0 Å².